The number of rotatable bonds is 5. The van der Waals surface area contributed by atoms with E-state index in [1.807, 2.05) is 0 Å². The summed E-state index contributed by atoms with van der Waals surface area (Å²) in [6, 6.07) is 0. The zero-order valence-corrected chi connectivity index (χ0v) is 10.4. The van der Waals surface area contributed by atoms with Gasteiger partial charge in [-0.05, 0) is 24.2 Å². The van der Waals surface area contributed by atoms with Crippen molar-refractivity contribution in [2.75, 3.05) is 0 Å². The SMILES string of the molecule is CCCCCCC1CC(C)CCC1C. The van der Waals surface area contributed by atoms with E-state index in [1.165, 1.54) is 51.4 Å². The van der Waals surface area contributed by atoms with Gasteiger partial charge in [-0.15, -0.1) is 0 Å². The summed E-state index contributed by atoms with van der Waals surface area (Å²) >= 11 is 0. The third kappa shape index (κ3) is 4.02. The first-order chi connectivity index (χ1) is 6.74. The maximum atomic E-state index is 2.47. The Bertz CT molecular complexity index is 139. The van der Waals surface area contributed by atoms with Crippen LogP contribution in [0, 0.1) is 17.8 Å². The molecule has 0 aromatic heterocycles. The fourth-order valence-corrected chi connectivity index (χ4v) is 2.89. The summed E-state index contributed by atoms with van der Waals surface area (Å²) in [6.07, 6.45) is 11.7. The minimum absolute atomic E-state index is 1.00. The minimum atomic E-state index is 1.00. The van der Waals surface area contributed by atoms with Gasteiger partial charge in [0, 0.05) is 0 Å². The molecule has 1 fully saturated rings. The number of unbranched alkanes of at least 4 members (excludes halogenated alkanes) is 3. The van der Waals surface area contributed by atoms with E-state index < -0.39 is 0 Å². The Morgan fingerprint density at radius 3 is 2.50 bits per heavy atom. The summed E-state index contributed by atoms with van der Waals surface area (Å²) in [5, 5.41) is 0. The van der Waals surface area contributed by atoms with Crippen molar-refractivity contribution in [3.8, 4) is 0 Å². The van der Waals surface area contributed by atoms with Gasteiger partial charge in [0.2, 0.25) is 0 Å². The molecule has 0 aliphatic heterocycles. The van der Waals surface area contributed by atoms with Crippen LogP contribution in [-0.4, -0.2) is 0 Å². The molecular formula is C14H28. The van der Waals surface area contributed by atoms with Crippen molar-refractivity contribution >= 4 is 0 Å². The maximum absolute atomic E-state index is 2.47. The Kier molecular flexibility index (Phi) is 5.59. The van der Waals surface area contributed by atoms with Gasteiger partial charge in [0.1, 0.15) is 0 Å². The molecule has 0 radical (unpaired) electrons. The highest BCUT2D eigenvalue weighted by Crippen LogP contribution is 2.36. The first-order valence-electron chi connectivity index (χ1n) is 6.74. The molecule has 0 saturated heterocycles. The number of hydrogen-bond acceptors (Lipinski definition) is 0. The topological polar surface area (TPSA) is 0 Å². The van der Waals surface area contributed by atoms with Crippen LogP contribution in [0.15, 0.2) is 0 Å². The number of hydrogen-bond donors (Lipinski definition) is 0. The van der Waals surface area contributed by atoms with Crippen LogP contribution < -0.4 is 0 Å². The molecule has 3 atom stereocenters. The molecule has 0 spiro atoms. The minimum Gasteiger partial charge on any atom is -0.0654 e. The predicted molar refractivity (Wildman–Crippen MR) is 64.4 cm³/mol. The van der Waals surface area contributed by atoms with Gasteiger partial charge in [0.25, 0.3) is 0 Å². The van der Waals surface area contributed by atoms with Gasteiger partial charge in [0.15, 0.2) is 0 Å². The van der Waals surface area contributed by atoms with E-state index in [1.54, 1.807) is 0 Å². The van der Waals surface area contributed by atoms with Crippen molar-refractivity contribution < 1.29 is 0 Å². The van der Waals surface area contributed by atoms with Crippen LogP contribution in [0.1, 0.15) is 72.1 Å². The van der Waals surface area contributed by atoms with Gasteiger partial charge >= 0.3 is 0 Å². The van der Waals surface area contributed by atoms with Gasteiger partial charge in [-0.25, -0.2) is 0 Å². The van der Waals surface area contributed by atoms with Crippen LogP contribution in [0.25, 0.3) is 0 Å². The van der Waals surface area contributed by atoms with Gasteiger partial charge < -0.3 is 0 Å². The monoisotopic (exact) mass is 196 g/mol. The highest BCUT2D eigenvalue weighted by molar-refractivity contribution is 4.75. The van der Waals surface area contributed by atoms with Crippen LogP contribution in [0.4, 0.5) is 0 Å². The molecule has 0 nitrogen and oxygen atoms in total. The average molecular weight is 196 g/mol. The Morgan fingerprint density at radius 2 is 1.79 bits per heavy atom. The molecule has 0 bridgehead atoms. The van der Waals surface area contributed by atoms with E-state index in [0.717, 1.165) is 17.8 Å². The third-order valence-electron chi connectivity index (χ3n) is 4.05. The maximum Gasteiger partial charge on any atom is -0.0386 e. The van der Waals surface area contributed by atoms with E-state index in [9.17, 15) is 0 Å². The van der Waals surface area contributed by atoms with Crippen molar-refractivity contribution in [3.05, 3.63) is 0 Å². The fraction of sp³-hybridized carbons (Fsp3) is 1.00. The Morgan fingerprint density at radius 1 is 1.00 bits per heavy atom. The lowest BCUT2D eigenvalue weighted by Gasteiger charge is -2.32. The second kappa shape index (κ2) is 6.48. The quantitative estimate of drug-likeness (QED) is 0.541. The molecule has 0 amide bonds. The van der Waals surface area contributed by atoms with E-state index in [-0.39, 0.29) is 0 Å². The molecule has 1 aliphatic rings. The molecule has 0 N–H and O–H groups in total. The molecule has 0 heteroatoms. The smallest absolute Gasteiger partial charge is 0.0386 e. The zero-order valence-electron chi connectivity index (χ0n) is 10.4. The van der Waals surface area contributed by atoms with Gasteiger partial charge in [0.05, 0.1) is 0 Å². The van der Waals surface area contributed by atoms with Crippen molar-refractivity contribution in [2.24, 2.45) is 17.8 Å². The molecule has 1 saturated carbocycles. The Balaban J connectivity index is 2.14. The van der Waals surface area contributed by atoms with Crippen LogP contribution in [-0.2, 0) is 0 Å². The summed E-state index contributed by atoms with van der Waals surface area (Å²) in [4.78, 5) is 0. The van der Waals surface area contributed by atoms with Gasteiger partial charge in [-0.3, -0.25) is 0 Å². The Hall–Kier alpha value is 0. The summed E-state index contributed by atoms with van der Waals surface area (Å²) in [6.45, 7) is 7.20. The van der Waals surface area contributed by atoms with Crippen LogP contribution in [0.3, 0.4) is 0 Å². The molecule has 1 aliphatic carbocycles. The summed E-state index contributed by atoms with van der Waals surface area (Å²) in [7, 11) is 0. The van der Waals surface area contributed by atoms with Crippen LogP contribution in [0.2, 0.25) is 0 Å². The largest absolute Gasteiger partial charge is 0.0654 e. The Labute approximate surface area is 90.5 Å². The summed E-state index contributed by atoms with van der Waals surface area (Å²) in [5.74, 6) is 3.06. The normalized spacial score (nSPS) is 33.2. The lowest BCUT2D eigenvalue weighted by atomic mass is 9.73. The molecule has 84 valence electrons. The first-order valence-corrected chi connectivity index (χ1v) is 6.74. The van der Waals surface area contributed by atoms with Gasteiger partial charge in [-0.2, -0.15) is 0 Å². The van der Waals surface area contributed by atoms with E-state index in [4.69, 9.17) is 0 Å². The molecular weight excluding hydrogens is 168 g/mol. The molecule has 0 aromatic carbocycles. The van der Waals surface area contributed by atoms with Crippen molar-refractivity contribution in [3.63, 3.8) is 0 Å². The van der Waals surface area contributed by atoms with Crippen LogP contribution >= 0.6 is 0 Å². The summed E-state index contributed by atoms with van der Waals surface area (Å²) < 4.78 is 0. The zero-order chi connectivity index (χ0) is 10.4. The highest BCUT2D eigenvalue weighted by Gasteiger charge is 2.24. The van der Waals surface area contributed by atoms with Crippen molar-refractivity contribution in [1.82, 2.24) is 0 Å². The van der Waals surface area contributed by atoms with Crippen LogP contribution in [0.5, 0.6) is 0 Å². The lowest BCUT2D eigenvalue weighted by Crippen LogP contribution is -2.21. The predicted octanol–water partition coefficient (Wildman–Crippen LogP) is 5.03. The second-order valence-electron chi connectivity index (χ2n) is 5.50. The van der Waals surface area contributed by atoms with E-state index in [0.29, 0.717) is 0 Å². The second-order valence-corrected chi connectivity index (χ2v) is 5.50. The van der Waals surface area contributed by atoms with E-state index >= 15 is 0 Å². The molecule has 0 heterocycles. The molecule has 1 rings (SSSR count). The van der Waals surface area contributed by atoms with E-state index in [2.05, 4.69) is 20.8 Å². The van der Waals surface area contributed by atoms with Crippen molar-refractivity contribution in [1.29, 1.82) is 0 Å². The van der Waals surface area contributed by atoms with Gasteiger partial charge in [-0.1, -0.05) is 65.7 Å². The molecule has 3 unspecified atom stereocenters. The first kappa shape index (κ1) is 12.1. The lowest BCUT2D eigenvalue weighted by molar-refractivity contribution is 0.189. The molecule has 0 aromatic rings. The fourth-order valence-electron chi connectivity index (χ4n) is 2.89. The highest BCUT2D eigenvalue weighted by atomic mass is 14.3. The van der Waals surface area contributed by atoms with Crippen molar-refractivity contribution in [2.45, 2.75) is 72.1 Å². The third-order valence-corrected chi connectivity index (χ3v) is 4.05. The standard InChI is InChI=1S/C14H28/c1-4-5-6-7-8-14-11-12(2)9-10-13(14)3/h12-14H,4-11H2,1-3H3. The summed E-state index contributed by atoms with van der Waals surface area (Å²) in [5.41, 5.74) is 0. The molecule has 14 heavy (non-hydrogen) atoms. The average Bonchev–Trinajstić information content (AvgIpc) is 2.18.